The molecule has 0 heterocycles. The number of terminal acetylenes is 1. The summed E-state index contributed by atoms with van der Waals surface area (Å²) in [5, 5.41) is 3.26. The second kappa shape index (κ2) is 6.49. The minimum Gasteiger partial charge on any atom is -0.479 e. The van der Waals surface area contributed by atoms with Gasteiger partial charge in [-0.15, -0.1) is 6.42 Å². The van der Waals surface area contributed by atoms with Crippen LogP contribution in [0.3, 0.4) is 0 Å². The van der Waals surface area contributed by atoms with Gasteiger partial charge in [0, 0.05) is 12.1 Å². The first-order valence-electron chi connectivity index (χ1n) is 4.84. The van der Waals surface area contributed by atoms with Crippen LogP contribution in [-0.2, 0) is 6.54 Å². The van der Waals surface area contributed by atoms with Crippen molar-refractivity contribution in [3.05, 3.63) is 28.2 Å². The number of rotatable bonds is 5. The van der Waals surface area contributed by atoms with E-state index in [1.807, 2.05) is 18.2 Å². The first kappa shape index (κ1) is 12.1. The summed E-state index contributed by atoms with van der Waals surface area (Å²) in [5.41, 5.74) is 1.11. The minimum absolute atomic E-state index is 0.293. The molecule has 0 fully saturated rings. The van der Waals surface area contributed by atoms with Crippen LogP contribution in [0.15, 0.2) is 22.7 Å². The summed E-state index contributed by atoms with van der Waals surface area (Å²) in [4.78, 5) is 0. The van der Waals surface area contributed by atoms with Crippen molar-refractivity contribution in [1.29, 1.82) is 0 Å². The Hall–Kier alpha value is -0.980. The van der Waals surface area contributed by atoms with Crippen LogP contribution >= 0.6 is 15.9 Å². The lowest BCUT2D eigenvalue weighted by atomic mass is 10.2. The molecule has 0 saturated carbocycles. The molecule has 0 bridgehead atoms. The molecule has 0 amide bonds. The monoisotopic (exact) mass is 267 g/mol. The van der Waals surface area contributed by atoms with E-state index in [1.54, 1.807) is 0 Å². The maximum absolute atomic E-state index is 5.49. The van der Waals surface area contributed by atoms with E-state index in [2.05, 4.69) is 34.1 Å². The molecule has 0 aliphatic rings. The summed E-state index contributed by atoms with van der Waals surface area (Å²) >= 11 is 3.45. The van der Waals surface area contributed by atoms with Gasteiger partial charge in [0.25, 0.3) is 0 Å². The molecule has 0 aliphatic heterocycles. The Morgan fingerprint density at radius 2 is 2.33 bits per heavy atom. The molecule has 2 nitrogen and oxygen atoms in total. The fourth-order valence-electron chi connectivity index (χ4n) is 1.23. The van der Waals surface area contributed by atoms with Crippen LogP contribution in [0.2, 0.25) is 0 Å². The van der Waals surface area contributed by atoms with Crippen LogP contribution in [0.1, 0.15) is 12.5 Å². The van der Waals surface area contributed by atoms with Crippen molar-refractivity contribution in [2.24, 2.45) is 0 Å². The van der Waals surface area contributed by atoms with Crippen LogP contribution in [0.4, 0.5) is 0 Å². The predicted molar refractivity (Wildman–Crippen MR) is 65.9 cm³/mol. The summed E-state index contributed by atoms with van der Waals surface area (Å²) < 4.78 is 6.43. The van der Waals surface area contributed by atoms with Crippen molar-refractivity contribution in [1.82, 2.24) is 5.32 Å². The van der Waals surface area contributed by atoms with Gasteiger partial charge in [-0.3, -0.25) is 0 Å². The zero-order valence-corrected chi connectivity index (χ0v) is 10.3. The number of hydrogen-bond donors (Lipinski definition) is 1. The number of halogens is 1. The largest absolute Gasteiger partial charge is 0.479 e. The molecular formula is C12H14BrNO. The van der Waals surface area contributed by atoms with Crippen LogP contribution in [-0.4, -0.2) is 13.2 Å². The van der Waals surface area contributed by atoms with Gasteiger partial charge in [-0.05, 0) is 28.5 Å². The molecule has 1 N–H and O–H groups in total. The Morgan fingerprint density at radius 1 is 1.53 bits per heavy atom. The Morgan fingerprint density at radius 3 is 3.00 bits per heavy atom. The van der Waals surface area contributed by atoms with Crippen molar-refractivity contribution >= 4 is 15.9 Å². The van der Waals surface area contributed by atoms with E-state index >= 15 is 0 Å². The van der Waals surface area contributed by atoms with Gasteiger partial charge in [0.15, 0.2) is 0 Å². The summed E-state index contributed by atoms with van der Waals surface area (Å²) in [6.07, 6.45) is 5.17. The van der Waals surface area contributed by atoms with Gasteiger partial charge in [-0.1, -0.05) is 25.0 Å². The molecule has 15 heavy (non-hydrogen) atoms. The number of nitrogens with one attached hydrogen (secondary N) is 1. The summed E-state index contributed by atoms with van der Waals surface area (Å²) in [7, 11) is 0. The topological polar surface area (TPSA) is 21.3 Å². The van der Waals surface area contributed by atoms with Gasteiger partial charge in [-0.2, -0.15) is 0 Å². The van der Waals surface area contributed by atoms with Gasteiger partial charge in [-0.25, -0.2) is 0 Å². The standard InChI is InChI=1S/C12H14BrNO/c1-3-8-15-12-10(9-14-4-2)6-5-7-11(12)13/h1,5-7,14H,4,8-9H2,2H3. The Bertz CT molecular complexity index is 357. The highest BCUT2D eigenvalue weighted by Crippen LogP contribution is 2.28. The van der Waals surface area contributed by atoms with Crippen molar-refractivity contribution < 1.29 is 4.74 Å². The Balaban J connectivity index is 2.83. The maximum atomic E-state index is 5.49. The zero-order valence-electron chi connectivity index (χ0n) is 8.72. The summed E-state index contributed by atoms with van der Waals surface area (Å²) in [6.45, 7) is 4.08. The van der Waals surface area contributed by atoms with Crippen LogP contribution in [0, 0.1) is 12.3 Å². The van der Waals surface area contributed by atoms with E-state index < -0.39 is 0 Å². The van der Waals surface area contributed by atoms with Gasteiger partial charge in [0.1, 0.15) is 12.4 Å². The van der Waals surface area contributed by atoms with E-state index in [0.717, 1.165) is 28.9 Å². The molecule has 1 rings (SSSR count). The fraction of sp³-hybridized carbons (Fsp3) is 0.333. The predicted octanol–water partition coefficient (Wildman–Crippen LogP) is 2.57. The van der Waals surface area contributed by atoms with E-state index in [1.165, 1.54) is 0 Å². The third kappa shape index (κ3) is 3.58. The number of hydrogen-bond acceptors (Lipinski definition) is 2. The van der Waals surface area contributed by atoms with Crippen LogP contribution in [0.25, 0.3) is 0 Å². The maximum Gasteiger partial charge on any atom is 0.148 e. The second-order valence-corrected chi connectivity index (χ2v) is 3.86. The molecule has 0 aliphatic carbocycles. The highest BCUT2D eigenvalue weighted by atomic mass is 79.9. The molecule has 80 valence electrons. The summed E-state index contributed by atoms with van der Waals surface area (Å²) in [5.74, 6) is 3.29. The first-order chi connectivity index (χ1) is 7.29. The van der Waals surface area contributed by atoms with Crippen molar-refractivity contribution in [2.45, 2.75) is 13.5 Å². The quantitative estimate of drug-likeness (QED) is 0.829. The van der Waals surface area contributed by atoms with Crippen molar-refractivity contribution in [2.75, 3.05) is 13.2 Å². The molecule has 1 aromatic rings. The minimum atomic E-state index is 0.293. The first-order valence-corrected chi connectivity index (χ1v) is 5.63. The van der Waals surface area contributed by atoms with E-state index in [0.29, 0.717) is 6.61 Å². The lowest BCUT2D eigenvalue weighted by molar-refractivity contribution is 0.362. The highest BCUT2D eigenvalue weighted by Gasteiger charge is 2.06. The van der Waals surface area contributed by atoms with Crippen molar-refractivity contribution in [3.8, 4) is 18.1 Å². The van der Waals surface area contributed by atoms with Crippen LogP contribution in [0.5, 0.6) is 5.75 Å². The lowest BCUT2D eigenvalue weighted by Crippen LogP contribution is -2.13. The molecular weight excluding hydrogens is 254 g/mol. The molecule has 3 heteroatoms. The highest BCUT2D eigenvalue weighted by molar-refractivity contribution is 9.10. The third-order valence-corrected chi connectivity index (χ3v) is 2.54. The van der Waals surface area contributed by atoms with E-state index in [-0.39, 0.29) is 0 Å². The van der Waals surface area contributed by atoms with Gasteiger partial charge in [0.2, 0.25) is 0 Å². The number of benzene rings is 1. The average molecular weight is 268 g/mol. The van der Waals surface area contributed by atoms with Crippen LogP contribution < -0.4 is 10.1 Å². The van der Waals surface area contributed by atoms with Gasteiger partial charge >= 0.3 is 0 Å². The van der Waals surface area contributed by atoms with Gasteiger partial charge in [0.05, 0.1) is 4.47 Å². The fourth-order valence-corrected chi connectivity index (χ4v) is 1.75. The second-order valence-electron chi connectivity index (χ2n) is 3.00. The normalized spacial score (nSPS) is 9.67. The molecule has 0 spiro atoms. The molecule has 0 aromatic heterocycles. The Kier molecular flexibility index (Phi) is 5.23. The van der Waals surface area contributed by atoms with E-state index in [4.69, 9.17) is 11.2 Å². The Labute approximate surface area is 99.2 Å². The van der Waals surface area contributed by atoms with Gasteiger partial charge < -0.3 is 10.1 Å². The molecule has 0 radical (unpaired) electrons. The lowest BCUT2D eigenvalue weighted by Gasteiger charge is -2.11. The average Bonchev–Trinajstić information content (AvgIpc) is 2.25. The van der Waals surface area contributed by atoms with Crippen molar-refractivity contribution in [3.63, 3.8) is 0 Å². The smallest absolute Gasteiger partial charge is 0.148 e. The number of para-hydroxylation sites is 1. The SMILES string of the molecule is C#CCOc1c(Br)cccc1CNCC. The third-order valence-electron chi connectivity index (χ3n) is 1.91. The summed E-state index contributed by atoms with van der Waals surface area (Å²) in [6, 6.07) is 5.96. The molecule has 0 unspecified atom stereocenters. The van der Waals surface area contributed by atoms with E-state index in [9.17, 15) is 0 Å². The molecule has 0 atom stereocenters. The molecule has 1 aromatic carbocycles. The zero-order chi connectivity index (χ0) is 11.1. The number of ether oxygens (including phenoxy) is 1. The molecule has 0 saturated heterocycles.